The molecular formula is C18H25NS. The number of hydrogen-bond acceptors (Lipinski definition) is 2. The zero-order chi connectivity index (χ0) is 14.2. The van der Waals surface area contributed by atoms with Crippen molar-refractivity contribution in [3.05, 3.63) is 57.8 Å². The van der Waals surface area contributed by atoms with E-state index in [4.69, 9.17) is 0 Å². The van der Waals surface area contributed by atoms with Crippen molar-refractivity contribution in [3.63, 3.8) is 0 Å². The molecule has 0 aliphatic heterocycles. The van der Waals surface area contributed by atoms with Gasteiger partial charge < -0.3 is 5.32 Å². The normalized spacial score (nSPS) is 12.5. The van der Waals surface area contributed by atoms with Crippen LogP contribution in [0.2, 0.25) is 0 Å². The van der Waals surface area contributed by atoms with E-state index in [-0.39, 0.29) is 0 Å². The Balaban J connectivity index is 1.87. The largest absolute Gasteiger partial charge is 0.310 e. The van der Waals surface area contributed by atoms with Gasteiger partial charge in [0.05, 0.1) is 0 Å². The van der Waals surface area contributed by atoms with Gasteiger partial charge in [0.2, 0.25) is 0 Å². The van der Waals surface area contributed by atoms with Crippen LogP contribution in [0.5, 0.6) is 0 Å². The molecule has 0 bridgehead atoms. The van der Waals surface area contributed by atoms with Crippen molar-refractivity contribution in [1.29, 1.82) is 0 Å². The van der Waals surface area contributed by atoms with Gasteiger partial charge in [-0.05, 0) is 61.7 Å². The molecule has 1 N–H and O–H groups in total. The van der Waals surface area contributed by atoms with Gasteiger partial charge in [0, 0.05) is 10.9 Å². The van der Waals surface area contributed by atoms with Gasteiger partial charge in [0.1, 0.15) is 0 Å². The summed E-state index contributed by atoms with van der Waals surface area (Å²) in [4.78, 5) is 1.41. The van der Waals surface area contributed by atoms with Crippen molar-refractivity contribution in [2.45, 2.75) is 45.6 Å². The third-order valence-corrected chi connectivity index (χ3v) is 4.47. The highest BCUT2D eigenvalue weighted by Gasteiger charge is 2.11. The van der Waals surface area contributed by atoms with E-state index in [1.54, 1.807) is 0 Å². The van der Waals surface area contributed by atoms with Crippen LogP contribution in [0.1, 0.15) is 48.2 Å². The second-order valence-electron chi connectivity index (χ2n) is 5.38. The van der Waals surface area contributed by atoms with Gasteiger partial charge in [0.15, 0.2) is 0 Å². The quantitative estimate of drug-likeness (QED) is 0.710. The molecule has 2 rings (SSSR count). The Morgan fingerprint density at radius 1 is 1.20 bits per heavy atom. The lowest BCUT2D eigenvalue weighted by molar-refractivity contribution is 0.485. The van der Waals surface area contributed by atoms with E-state index < -0.39 is 0 Å². The maximum absolute atomic E-state index is 3.69. The molecular weight excluding hydrogens is 262 g/mol. The number of aryl methyl sites for hydroxylation is 2. The maximum atomic E-state index is 3.69. The fourth-order valence-electron chi connectivity index (χ4n) is 2.51. The summed E-state index contributed by atoms with van der Waals surface area (Å²) in [6.07, 6.45) is 4.82. The highest BCUT2D eigenvalue weighted by molar-refractivity contribution is 7.10. The zero-order valence-electron chi connectivity index (χ0n) is 12.6. The lowest BCUT2D eigenvalue weighted by atomic mass is 10.0. The lowest BCUT2D eigenvalue weighted by Gasteiger charge is -2.17. The van der Waals surface area contributed by atoms with Crippen molar-refractivity contribution in [3.8, 4) is 0 Å². The Morgan fingerprint density at radius 2 is 2.00 bits per heavy atom. The number of nitrogens with one attached hydrogen (secondary N) is 1. The van der Waals surface area contributed by atoms with Gasteiger partial charge in [-0.3, -0.25) is 0 Å². The molecule has 1 atom stereocenters. The van der Waals surface area contributed by atoms with E-state index in [0.29, 0.717) is 6.04 Å². The van der Waals surface area contributed by atoms with E-state index in [2.05, 4.69) is 60.9 Å². The molecule has 2 aromatic rings. The van der Waals surface area contributed by atoms with Gasteiger partial charge in [0.25, 0.3) is 0 Å². The zero-order valence-corrected chi connectivity index (χ0v) is 13.4. The molecule has 0 radical (unpaired) electrons. The van der Waals surface area contributed by atoms with E-state index in [1.807, 2.05) is 11.3 Å². The molecule has 0 aliphatic rings. The van der Waals surface area contributed by atoms with Crippen LogP contribution >= 0.6 is 11.3 Å². The molecule has 0 amide bonds. The minimum Gasteiger partial charge on any atom is -0.310 e. The Morgan fingerprint density at radius 3 is 2.65 bits per heavy atom. The SMILES string of the molecule is CCCNC(CCCc1ccccc1)c1csc(C)c1. The second kappa shape index (κ2) is 8.23. The average molecular weight is 287 g/mol. The molecule has 1 aromatic heterocycles. The van der Waals surface area contributed by atoms with Gasteiger partial charge in [-0.15, -0.1) is 11.3 Å². The monoisotopic (exact) mass is 287 g/mol. The van der Waals surface area contributed by atoms with Crippen molar-refractivity contribution >= 4 is 11.3 Å². The fourth-order valence-corrected chi connectivity index (χ4v) is 3.27. The van der Waals surface area contributed by atoms with Crippen LogP contribution < -0.4 is 5.32 Å². The maximum Gasteiger partial charge on any atom is 0.0328 e. The summed E-state index contributed by atoms with van der Waals surface area (Å²) < 4.78 is 0. The standard InChI is InChI=1S/C18H25NS/c1-3-12-19-18(17-13-15(2)20-14-17)11-7-10-16-8-5-4-6-9-16/h4-6,8-9,13-14,18-19H,3,7,10-12H2,1-2H3. The third-order valence-electron chi connectivity index (χ3n) is 3.60. The predicted octanol–water partition coefficient (Wildman–Crippen LogP) is 5.12. The Labute approximate surface area is 127 Å². The Hall–Kier alpha value is -1.12. The summed E-state index contributed by atoms with van der Waals surface area (Å²) >= 11 is 1.86. The fraction of sp³-hybridized carbons (Fsp3) is 0.444. The molecule has 1 unspecified atom stereocenters. The minimum atomic E-state index is 0.517. The van der Waals surface area contributed by atoms with Crippen LogP contribution in [-0.2, 0) is 6.42 Å². The second-order valence-corrected chi connectivity index (χ2v) is 6.49. The first-order valence-electron chi connectivity index (χ1n) is 7.62. The van der Waals surface area contributed by atoms with Crippen LogP contribution in [0.25, 0.3) is 0 Å². The van der Waals surface area contributed by atoms with E-state index in [9.17, 15) is 0 Å². The number of benzene rings is 1. The van der Waals surface area contributed by atoms with Crippen molar-refractivity contribution < 1.29 is 0 Å². The highest BCUT2D eigenvalue weighted by atomic mass is 32.1. The topological polar surface area (TPSA) is 12.0 Å². The summed E-state index contributed by atoms with van der Waals surface area (Å²) in [5.41, 5.74) is 2.91. The van der Waals surface area contributed by atoms with Gasteiger partial charge >= 0.3 is 0 Å². The first-order valence-corrected chi connectivity index (χ1v) is 8.50. The Kier molecular flexibility index (Phi) is 6.28. The van der Waals surface area contributed by atoms with Crippen molar-refractivity contribution in [2.75, 3.05) is 6.54 Å². The molecule has 0 saturated carbocycles. The van der Waals surface area contributed by atoms with Crippen LogP contribution in [0, 0.1) is 6.92 Å². The first kappa shape index (κ1) is 15.3. The van der Waals surface area contributed by atoms with Gasteiger partial charge in [-0.1, -0.05) is 37.3 Å². The lowest BCUT2D eigenvalue weighted by Crippen LogP contribution is -2.21. The number of rotatable bonds is 8. The minimum absolute atomic E-state index is 0.517. The summed E-state index contributed by atoms with van der Waals surface area (Å²) in [5, 5.41) is 6.00. The first-order chi connectivity index (χ1) is 9.79. The number of hydrogen-bond donors (Lipinski definition) is 1. The van der Waals surface area contributed by atoms with Crippen molar-refractivity contribution in [2.24, 2.45) is 0 Å². The van der Waals surface area contributed by atoms with Crippen LogP contribution in [-0.4, -0.2) is 6.54 Å². The predicted molar refractivity (Wildman–Crippen MR) is 89.5 cm³/mol. The smallest absolute Gasteiger partial charge is 0.0328 e. The molecule has 0 saturated heterocycles. The molecule has 1 nitrogen and oxygen atoms in total. The molecule has 0 aliphatic carbocycles. The van der Waals surface area contributed by atoms with Crippen molar-refractivity contribution in [1.82, 2.24) is 5.32 Å². The Bertz CT molecular complexity index is 489. The molecule has 20 heavy (non-hydrogen) atoms. The highest BCUT2D eigenvalue weighted by Crippen LogP contribution is 2.24. The van der Waals surface area contributed by atoms with Crippen LogP contribution in [0.3, 0.4) is 0 Å². The molecule has 1 aromatic carbocycles. The summed E-state index contributed by atoms with van der Waals surface area (Å²) in [5.74, 6) is 0. The van der Waals surface area contributed by atoms with E-state index >= 15 is 0 Å². The van der Waals surface area contributed by atoms with E-state index in [0.717, 1.165) is 6.54 Å². The molecule has 2 heteroatoms. The van der Waals surface area contributed by atoms with Gasteiger partial charge in [-0.25, -0.2) is 0 Å². The van der Waals surface area contributed by atoms with Crippen LogP contribution in [0.15, 0.2) is 41.8 Å². The molecule has 0 spiro atoms. The number of thiophene rings is 1. The molecule has 0 fully saturated rings. The third kappa shape index (κ3) is 4.77. The average Bonchev–Trinajstić information content (AvgIpc) is 2.90. The van der Waals surface area contributed by atoms with E-state index in [1.165, 1.54) is 41.7 Å². The summed E-state index contributed by atoms with van der Waals surface area (Å²) in [7, 11) is 0. The van der Waals surface area contributed by atoms with Crippen LogP contribution in [0.4, 0.5) is 0 Å². The molecule has 1 heterocycles. The summed E-state index contributed by atoms with van der Waals surface area (Å²) in [6, 6.07) is 13.6. The summed E-state index contributed by atoms with van der Waals surface area (Å²) in [6.45, 7) is 5.52. The van der Waals surface area contributed by atoms with Gasteiger partial charge in [-0.2, -0.15) is 0 Å². The molecule has 108 valence electrons.